The number of carbonyl (C=O) groups is 3. The van der Waals surface area contributed by atoms with Crippen LogP contribution in [-0.4, -0.2) is 34.4 Å². The summed E-state index contributed by atoms with van der Waals surface area (Å²) in [5.41, 5.74) is 1.45. The first-order chi connectivity index (χ1) is 18.4. The molecule has 1 atom stereocenters. The molecule has 0 heterocycles. The molecule has 40 heavy (non-hydrogen) atoms. The molecule has 0 spiro atoms. The van der Waals surface area contributed by atoms with Gasteiger partial charge < -0.3 is 10.2 Å². The fourth-order valence-electron chi connectivity index (χ4n) is 5.31. The molecule has 0 saturated carbocycles. The highest BCUT2D eigenvalue weighted by Gasteiger charge is 2.30. The van der Waals surface area contributed by atoms with E-state index in [0.717, 1.165) is 49.7 Å². The molecule has 0 aliphatic heterocycles. The van der Waals surface area contributed by atoms with Crippen molar-refractivity contribution in [1.82, 2.24) is 0 Å². The Labute approximate surface area is 242 Å². The number of aliphatic carboxylic acids is 1. The first-order valence-corrected chi connectivity index (χ1v) is 15.0. The summed E-state index contributed by atoms with van der Waals surface area (Å²) in [5.74, 6) is -0.784. The molecule has 2 aliphatic carbocycles. The maximum Gasteiger partial charge on any atom is 0.309 e. The summed E-state index contributed by atoms with van der Waals surface area (Å²) in [6.45, 7) is 16.1. The molecule has 1 unspecified atom stereocenters. The molecule has 0 fully saturated rings. The molecule has 0 aromatic carbocycles. The standard InChI is InChI=1S/C35H52O5/c1-9-35(8)22-26(15-11-13-19-34(6,7)31(39)40)30(38)28(23-35)17-16-27-21-33(4,5)20-25(29(27)37)14-10-12-18-32(2,3)24-36/h16-17,20-23,36H,9-15,18-19,24H2,1-8H3,(H,39,40)/b17-16-. The van der Waals surface area contributed by atoms with Crippen molar-refractivity contribution in [3.05, 3.63) is 58.7 Å². The lowest BCUT2D eigenvalue weighted by Crippen LogP contribution is -2.23. The van der Waals surface area contributed by atoms with Crippen LogP contribution in [0.2, 0.25) is 0 Å². The lowest BCUT2D eigenvalue weighted by Gasteiger charge is -2.28. The van der Waals surface area contributed by atoms with Crippen LogP contribution in [0.3, 0.4) is 0 Å². The first-order valence-electron chi connectivity index (χ1n) is 15.0. The monoisotopic (exact) mass is 552 g/mol. The normalized spacial score (nSPS) is 21.7. The molecule has 2 aliphatic rings. The number of carboxylic acids is 1. The van der Waals surface area contributed by atoms with Crippen molar-refractivity contribution in [3.8, 4) is 0 Å². The van der Waals surface area contributed by atoms with Crippen molar-refractivity contribution in [2.24, 2.45) is 21.7 Å². The van der Waals surface area contributed by atoms with Gasteiger partial charge >= 0.3 is 5.97 Å². The molecule has 0 bridgehead atoms. The highest BCUT2D eigenvalue weighted by atomic mass is 16.4. The highest BCUT2D eigenvalue weighted by molar-refractivity contribution is 6.13. The molecule has 0 radical (unpaired) electrons. The van der Waals surface area contributed by atoms with Gasteiger partial charge in [0.25, 0.3) is 0 Å². The second-order valence-electron chi connectivity index (χ2n) is 14.1. The minimum Gasteiger partial charge on any atom is -0.481 e. The number of carboxylic acid groups (broad SMARTS) is 1. The quantitative estimate of drug-likeness (QED) is 0.200. The summed E-state index contributed by atoms with van der Waals surface area (Å²) in [7, 11) is 0. The van der Waals surface area contributed by atoms with Crippen molar-refractivity contribution < 1.29 is 24.6 Å². The fourth-order valence-corrected chi connectivity index (χ4v) is 5.31. The number of carbonyl (C=O) groups excluding carboxylic acids is 2. The van der Waals surface area contributed by atoms with Gasteiger partial charge in [-0.1, -0.05) is 90.8 Å². The van der Waals surface area contributed by atoms with Gasteiger partial charge in [-0.3, -0.25) is 14.4 Å². The summed E-state index contributed by atoms with van der Waals surface area (Å²) in [4.78, 5) is 38.2. The molecule has 5 heteroatoms. The van der Waals surface area contributed by atoms with E-state index in [1.165, 1.54) is 0 Å². The third-order valence-electron chi connectivity index (χ3n) is 8.43. The van der Waals surface area contributed by atoms with Crippen molar-refractivity contribution in [2.45, 2.75) is 113 Å². The zero-order valence-electron chi connectivity index (χ0n) is 26.2. The molecular formula is C35H52O5. The van der Waals surface area contributed by atoms with E-state index in [-0.39, 0.29) is 34.4 Å². The average molecular weight is 553 g/mol. The molecule has 0 aromatic heterocycles. The lowest BCUT2D eigenvalue weighted by molar-refractivity contribution is -0.147. The summed E-state index contributed by atoms with van der Waals surface area (Å²) in [5, 5.41) is 18.9. The molecule has 0 aromatic rings. The maximum absolute atomic E-state index is 13.4. The van der Waals surface area contributed by atoms with E-state index < -0.39 is 11.4 Å². The van der Waals surface area contributed by atoms with Gasteiger partial charge in [-0.05, 0) is 75.4 Å². The van der Waals surface area contributed by atoms with E-state index in [1.54, 1.807) is 13.8 Å². The predicted octanol–water partition coefficient (Wildman–Crippen LogP) is 8.11. The summed E-state index contributed by atoms with van der Waals surface area (Å²) in [6, 6.07) is 0. The molecule has 5 nitrogen and oxygen atoms in total. The van der Waals surface area contributed by atoms with Crippen LogP contribution in [0.4, 0.5) is 0 Å². The fraction of sp³-hybridized carbons (Fsp3) is 0.629. The van der Waals surface area contributed by atoms with Gasteiger partial charge in [-0.15, -0.1) is 0 Å². The van der Waals surface area contributed by atoms with Crippen LogP contribution in [0, 0.1) is 21.7 Å². The number of rotatable bonds is 15. The Bertz CT molecular complexity index is 1120. The number of ketones is 2. The number of unbranched alkanes of at least 4 members (excludes halogenated alkanes) is 2. The predicted molar refractivity (Wildman–Crippen MR) is 163 cm³/mol. The number of Topliss-reactive ketones (excluding diaryl/α,β-unsaturated/α-hetero) is 2. The van der Waals surface area contributed by atoms with E-state index in [2.05, 4.69) is 53.7 Å². The lowest BCUT2D eigenvalue weighted by atomic mass is 9.75. The third-order valence-corrected chi connectivity index (χ3v) is 8.43. The maximum atomic E-state index is 13.4. The van der Waals surface area contributed by atoms with E-state index >= 15 is 0 Å². The van der Waals surface area contributed by atoms with Crippen LogP contribution in [0.5, 0.6) is 0 Å². The molecular weight excluding hydrogens is 500 g/mol. The summed E-state index contributed by atoms with van der Waals surface area (Å²) >= 11 is 0. The third kappa shape index (κ3) is 9.54. The first kappa shape index (κ1) is 33.7. The van der Waals surface area contributed by atoms with E-state index in [1.807, 2.05) is 24.3 Å². The zero-order valence-corrected chi connectivity index (χ0v) is 26.2. The van der Waals surface area contributed by atoms with Crippen LogP contribution >= 0.6 is 0 Å². The Morgan fingerprint density at radius 2 is 1.30 bits per heavy atom. The van der Waals surface area contributed by atoms with Gasteiger partial charge in [-0.25, -0.2) is 0 Å². The number of allylic oxidation sites excluding steroid dienone is 10. The number of aliphatic hydroxyl groups is 1. The van der Waals surface area contributed by atoms with Crippen LogP contribution in [0.15, 0.2) is 58.7 Å². The van der Waals surface area contributed by atoms with Gasteiger partial charge in [0.2, 0.25) is 0 Å². The number of aliphatic hydroxyl groups excluding tert-OH is 1. The van der Waals surface area contributed by atoms with E-state index in [0.29, 0.717) is 30.4 Å². The van der Waals surface area contributed by atoms with Gasteiger partial charge in [0.1, 0.15) is 0 Å². The Morgan fingerprint density at radius 3 is 1.80 bits per heavy atom. The van der Waals surface area contributed by atoms with Gasteiger partial charge in [0.15, 0.2) is 11.6 Å². The molecule has 0 amide bonds. The Balaban J connectivity index is 2.13. The van der Waals surface area contributed by atoms with E-state index in [4.69, 9.17) is 0 Å². The minimum absolute atomic E-state index is 0.00921. The largest absolute Gasteiger partial charge is 0.481 e. The smallest absolute Gasteiger partial charge is 0.309 e. The Morgan fingerprint density at radius 1 is 0.800 bits per heavy atom. The van der Waals surface area contributed by atoms with Crippen molar-refractivity contribution in [2.75, 3.05) is 6.61 Å². The summed E-state index contributed by atoms with van der Waals surface area (Å²) < 4.78 is 0. The highest BCUT2D eigenvalue weighted by Crippen LogP contribution is 2.37. The van der Waals surface area contributed by atoms with Crippen LogP contribution in [0.1, 0.15) is 113 Å². The van der Waals surface area contributed by atoms with Crippen molar-refractivity contribution in [1.29, 1.82) is 0 Å². The number of hydrogen-bond donors (Lipinski definition) is 2. The second-order valence-corrected chi connectivity index (χ2v) is 14.1. The van der Waals surface area contributed by atoms with Crippen molar-refractivity contribution in [3.63, 3.8) is 0 Å². The molecule has 2 N–H and O–H groups in total. The minimum atomic E-state index is -0.798. The second kappa shape index (κ2) is 13.4. The number of hydrogen-bond acceptors (Lipinski definition) is 4. The van der Waals surface area contributed by atoms with Crippen LogP contribution in [0.25, 0.3) is 0 Å². The van der Waals surface area contributed by atoms with E-state index in [9.17, 15) is 24.6 Å². The van der Waals surface area contributed by atoms with Gasteiger partial charge in [0.05, 0.1) is 5.41 Å². The SMILES string of the molecule is CCC1(C)C=C(/C=C\C2=CC(C)(C)C=C(CCCCC(C)(C)CO)C2=O)C(=O)C(CCCCC(C)(C)C(=O)O)=C1. The van der Waals surface area contributed by atoms with Gasteiger partial charge in [-0.2, -0.15) is 0 Å². The average Bonchev–Trinajstić information content (AvgIpc) is 2.87. The molecule has 2 rings (SSSR count). The topological polar surface area (TPSA) is 91.7 Å². The molecule has 0 saturated heterocycles. The van der Waals surface area contributed by atoms with Gasteiger partial charge in [0, 0.05) is 28.6 Å². The van der Waals surface area contributed by atoms with Crippen LogP contribution in [-0.2, 0) is 14.4 Å². The molecule has 222 valence electrons. The summed E-state index contributed by atoms with van der Waals surface area (Å²) in [6.07, 6.45) is 18.7. The Kier molecular flexibility index (Phi) is 11.3. The van der Waals surface area contributed by atoms with Crippen LogP contribution < -0.4 is 0 Å². The Hall–Kier alpha value is -2.53. The van der Waals surface area contributed by atoms with Crippen molar-refractivity contribution >= 4 is 17.5 Å². The zero-order chi connectivity index (χ0) is 30.4.